The van der Waals surface area contributed by atoms with Crippen LogP contribution in [-0.4, -0.2) is 10.1 Å². The van der Waals surface area contributed by atoms with Crippen LogP contribution in [0.5, 0.6) is 5.75 Å². The lowest BCUT2D eigenvalue weighted by atomic mass is 10.1. The van der Waals surface area contributed by atoms with Crippen molar-refractivity contribution >= 4 is 11.6 Å². The Balaban J connectivity index is 2.08. The molecule has 0 spiro atoms. The van der Waals surface area contributed by atoms with Gasteiger partial charge in [0.05, 0.1) is 0 Å². The zero-order valence-corrected chi connectivity index (χ0v) is 9.48. The fourth-order valence-corrected chi connectivity index (χ4v) is 1.76. The normalized spacial score (nSPS) is 10.3. The van der Waals surface area contributed by atoms with Crippen molar-refractivity contribution in [3.05, 3.63) is 58.9 Å². The van der Waals surface area contributed by atoms with Crippen LogP contribution in [0.1, 0.15) is 11.3 Å². The van der Waals surface area contributed by atoms with Crippen LogP contribution in [0.3, 0.4) is 0 Å². The van der Waals surface area contributed by atoms with Gasteiger partial charge in [-0.3, -0.25) is 4.98 Å². The number of rotatable bonds is 3. The maximum Gasteiger partial charge on any atom is 0.118 e. The van der Waals surface area contributed by atoms with Gasteiger partial charge in [-0.1, -0.05) is 17.7 Å². The van der Waals surface area contributed by atoms with Crippen molar-refractivity contribution in [2.75, 3.05) is 0 Å². The van der Waals surface area contributed by atoms with E-state index >= 15 is 0 Å². The summed E-state index contributed by atoms with van der Waals surface area (Å²) in [7, 11) is 0. The molecule has 2 nitrogen and oxygen atoms in total. The zero-order chi connectivity index (χ0) is 11.4. The first kappa shape index (κ1) is 11.0. The molecule has 0 bridgehead atoms. The van der Waals surface area contributed by atoms with Crippen LogP contribution >= 0.6 is 11.6 Å². The molecule has 1 N–H and O–H groups in total. The number of benzene rings is 1. The van der Waals surface area contributed by atoms with Crippen LogP contribution in [-0.2, 0) is 12.8 Å². The Hall–Kier alpha value is -1.54. The Morgan fingerprint density at radius 1 is 1.12 bits per heavy atom. The molecule has 3 heteroatoms. The Morgan fingerprint density at radius 3 is 2.75 bits per heavy atom. The lowest BCUT2D eigenvalue weighted by Crippen LogP contribution is -1.94. The highest BCUT2D eigenvalue weighted by Gasteiger charge is 2.03. The Labute approximate surface area is 99.5 Å². The third kappa shape index (κ3) is 2.74. The molecule has 0 saturated heterocycles. The molecule has 0 aliphatic heterocycles. The second-order valence-electron chi connectivity index (χ2n) is 3.59. The number of halogens is 1. The molecule has 2 rings (SSSR count). The van der Waals surface area contributed by atoms with Gasteiger partial charge in [-0.15, -0.1) is 0 Å². The molecular weight excluding hydrogens is 222 g/mol. The van der Waals surface area contributed by atoms with E-state index in [4.69, 9.17) is 11.6 Å². The van der Waals surface area contributed by atoms with Gasteiger partial charge < -0.3 is 5.11 Å². The molecule has 0 unspecified atom stereocenters. The predicted octanol–water partition coefficient (Wildman–Crippen LogP) is 3.23. The minimum Gasteiger partial charge on any atom is -0.508 e. The Morgan fingerprint density at radius 2 is 2.00 bits per heavy atom. The second kappa shape index (κ2) is 4.99. The van der Waals surface area contributed by atoms with Crippen molar-refractivity contribution < 1.29 is 5.11 Å². The van der Waals surface area contributed by atoms with Crippen molar-refractivity contribution in [3.63, 3.8) is 0 Å². The first-order chi connectivity index (χ1) is 7.75. The fraction of sp³-hybridized carbons (Fsp3) is 0.154. The molecule has 0 aliphatic rings. The molecule has 1 aromatic heterocycles. The van der Waals surface area contributed by atoms with Crippen molar-refractivity contribution in [2.24, 2.45) is 0 Å². The summed E-state index contributed by atoms with van der Waals surface area (Å²) in [6, 6.07) is 10.9. The number of nitrogens with zero attached hydrogens (tertiary/aromatic N) is 1. The summed E-state index contributed by atoms with van der Waals surface area (Å²) in [5.74, 6) is 0.292. The second-order valence-corrected chi connectivity index (χ2v) is 4.03. The fourth-order valence-electron chi connectivity index (χ4n) is 1.56. The molecule has 82 valence electrons. The summed E-state index contributed by atoms with van der Waals surface area (Å²) < 4.78 is 0. The van der Waals surface area contributed by atoms with Crippen molar-refractivity contribution in [1.29, 1.82) is 0 Å². The Kier molecular flexibility index (Phi) is 3.42. The quantitative estimate of drug-likeness (QED) is 0.883. The molecule has 1 heterocycles. The van der Waals surface area contributed by atoms with Gasteiger partial charge in [0.25, 0.3) is 0 Å². The summed E-state index contributed by atoms with van der Waals surface area (Å²) in [6.07, 6.45) is 3.31. The van der Waals surface area contributed by atoms with Crippen molar-refractivity contribution in [2.45, 2.75) is 12.8 Å². The number of hydrogen-bond acceptors (Lipinski definition) is 2. The van der Waals surface area contributed by atoms with E-state index in [0.29, 0.717) is 10.8 Å². The number of hydrogen-bond donors (Lipinski definition) is 1. The predicted molar refractivity (Wildman–Crippen MR) is 64.8 cm³/mol. The molecule has 0 amide bonds. The smallest absolute Gasteiger partial charge is 0.118 e. The maximum atomic E-state index is 9.63. The first-order valence-electron chi connectivity index (χ1n) is 5.13. The third-order valence-electron chi connectivity index (χ3n) is 2.42. The van der Waals surface area contributed by atoms with Gasteiger partial charge >= 0.3 is 0 Å². The minimum atomic E-state index is 0.292. The SMILES string of the molecule is Oc1ccc(Cl)cc1CCc1ccccn1. The molecule has 0 fully saturated rings. The Bertz CT molecular complexity index is 471. The van der Waals surface area contributed by atoms with Crippen LogP contribution in [0.25, 0.3) is 0 Å². The van der Waals surface area contributed by atoms with Crippen molar-refractivity contribution in [3.8, 4) is 5.75 Å². The van der Waals surface area contributed by atoms with Crippen molar-refractivity contribution in [1.82, 2.24) is 4.98 Å². The van der Waals surface area contributed by atoms with Gasteiger partial charge in [0.1, 0.15) is 5.75 Å². The summed E-state index contributed by atoms with van der Waals surface area (Å²) in [5.41, 5.74) is 1.88. The summed E-state index contributed by atoms with van der Waals surface area (Å²) in [4.78, 5) is 4.23. The zero-order valence-electron chi connectivity index (χ0n) is 8.73. The standard InChI is InChI=1S/C13H12ClNO/c14-11-5-7-13(16)10(9-11)4-6-12-3-1-2-8-15-12/h1-3,5,7-9,16H,4,6H2. The van der Waals surface area contributed by atoms with Gasteiger partial charge in [0.15, 0.2) is 0 Å². The highest BCUT2D eigenvalue weighted by molar-refractivity contribution is 6.30. The average Bonchev–Trinajstić information content (AvgIpc) is 2.32. The monoisotopic (exact) mass is 233 g/mol. The van der Waals surface area contributed by atoms with E-state index in [2.05, 4.69) is 4.98 Å². The molecule has 1 aromatic carbocycles. The molecular formula is C13H12ClNO. The number of aromatic hydroxyl groups is 1. The number of phenolic OH excluding ortho intramolecular Hbond substituents is 1. The van der Waals surface area contributed by atoms with Gasteiger partial charge in [0, 0.05) is 16.9 Å². The number of pyridine rings is 1. The molecule has 0 radical (unpaired) electrons. The number of phenols is 1. The van der Waals surface area contributed by atoms with Crippen LogP contribution in [0.2, 0.25) is 5.02 Å². The highest BCUT2D eigenvalue weighted by atomic mass is 35.5. The van der Waals surface area contributed by atoms with E-state index in [-0.39, 0.29) is 0 Å². The molecule has 0 saturated carbocycles. The summed E-state index contributed by atoms with van der Waals surface area (Å²) in [6.45, 7) is 0. The van der Waals surface area contributed by atoms with Crippen LogP contribution in [0.15, 0.2) is 42.6 Å². The third-order valence-corrected chi connectivity index (χ3v) is 2.65. The molecule has 2 aromatic rings. The molecule has 16 heavy (non-hydrogen) atoms. The van der Waals surface area contributed by atoms with Crippen LogP contribution < -0.4 is 0 Å². The number of aryl methyl sites for hydroxylation is 2. The van der Waals surface area contributed by atoms with E-state index in [9.17, 15) is 5.11 Å². The maximum absolute atomic E-state index is 9.63. The van der Waals surface area contributed by atoms with Gasteiger partial charge in [-0.05, 0) is 48.7 Å². The summed E-state index contributed by atoms with van der Waals surface area (Å²) >= 11 is 5.87. The molecule has 0 aliphatic carbocycles. The highest BCUT2D eigenvalue weighted by Crippen LogP contribution is 2.22. The van der Waals surface area contributed by atoms with E-state index in [0.717, 1.165) is 24.1 Å². The van der Waals surface area contributed by atoms with E-state index in [1.165, 1.54) is 0 Å². The lowest BCUT2D eigenvalue weighted by molar-refractivity contribution is 0.468. The van der Waals surface area contributed by atoms with E-state index < -0.39 is 0 Å². The number of aromatic nitrogens is 1. The molecule has 0 atom stereocenters. The van der Waals surface area contributed by atoms with Crippen LogP contribution in [0.4, 0.5) is 0 Å². The van der Waals surface area contributed by atoms with E-state index in [1.807, 2.05) is 18.2 Å². The van der Waals surface area contributed by atoms with Gasteiger partial charge in [0.2, 0.25) is 0 Å². The first-order valence-corrected chi connectivity index (χ1v) is 5.51. The lowest BCUT2D eigenvalue weighted by Gasteiger charge is -2.04. The average molecular weight is 234 g/mol. The van der Waals surface area contributed by atoms with Crippen LogP contribution in [0, 0.1) is 0 Å². The largest absolute Gasteiger partial charge is 0.508 e. The summed E-state index contributed by atoms with van der Waals surface area (Å²) in [5, 5.41) is 10.3. The minimum absolute atomic E-state index is 0.292. The van der Waals surface area contributed by atoms with E-state index in [1.54, 1.807) is 24.4 Å². The topological polar surface area (TPSA) is 33.1 Å². The van der Waals surface area contributed by atoms with Gasteiger partial charge in [-0.25, -0.2) is 0 Å². The van der Waals surface area contributed by atoms with Gasteiger partial charge in [-0.2, -0.15) is 0 Å².